The van der Waals surface area contributed by atoms with Gasteiger partial charge in [0.1, 0.15) is 10.7 Å². The molecule has 49 heavy (non-hydrogen) atoms. The van der Waals surface area contributed by atoms with E-state index in [0.717, 1.165) is 57.5 Å². The van der Waals surface area contributed by atoms with Gasteiger partial charge in [-0.1, -0.05) is 42.5 Å². The Morgan fingerprint density at radius 3 is 2.55 bits per heavy atom. The van der Waals surface area contributed by atoms with Gasteiger partial charge in [-0.3, -0.25) is 14.4 Å². The number of benzene rings is 3. The van der Waals surface area contributed by atoms with E-state index >= 15 is 0 Å². The number of nitrogens with one attached hydrogen (secondary N) is 4. The fourth-order valence-corrected chi connectivity index (χ4v) is 7.91. The molecule has 2 aromatic heterocycles. The van der Waals surface area contributed by atoms with E-state index in [-0.39, 0.29) is 18.2 Å². The summed E-state index contributed by atoms with van der Waals surface area (Å²) in [6.45, 7) is 3.82. The fourth-order valence-electron chi connectivity index (χ4n) is 5.70. The zero-order valence-corrected chi connectivity index (χ0v) is 28.8. The Bertz CT molecular complexity index is 2050. The van der Waals surface area contributed by atoms with E-state index in [0.29, 0.717) is 21.8 Å². The summed E-state index contributed by atoms with van der Waals surface area (Å²) in [6.07, 6.45) is 7.18. The largest absolute Gasteiger partial charge is 0.462 e. The zero-order chi connectivity index (χ0) is 34.3. The molecule has 3 amide bonds. The Balaban J connectivity index is 1.18. The molecule has 0 bridgehead atoms. The zero-order valence-electron chi connectivity index (χ0n) is 27.1. The molecule has 0 saturated carbocycles. The summed E-state index contributed by atoms with van der Waals surface area (Å²) in [5.41, 5.74) is 4.11. The third-order valence-corrected chi connectivity index (χ3v) is 10.4. The van der Waals surface area contributed by atoms with Gasteiger partial charge in [0.2, 0.25) is 5.91 Å². The highest BCUT2D eigenvalue weighted by atomic mass is 32.2. The van der Waals surface area contributed by atoms with Gasteiger partial charge >= 0.3 is 5.97 Å². The second kappa shape index (κ2) is 15.4. The summed E-state index contributed by atoms with van der Waals surface area (Å²) in [5.74, 6) is -1.56. The molecule has 1 aliphatic carbocycles. The highest BCUT2D eigenvalue weighted by Crippen LogP contribution is 2.39. The molecular formula is C38H36N4O5S2. The van der Waals surface area contributed by atoms with Crippen molar-refractivity contribution in [2.75, 3.05) is 17.2 Å². The average Bonchev–Trinajstić information content (AvgIpc) is 3.69. The number of hydrogen-bond donors (Lipinski definition) is 4. The first kappa shape index (κ1) is 33.8. The number of aryl methyl sites for hydroxylation is 1. The van der Waals surface area contributed by atoms with E-state index in [4.69, 9.17) is 4.74 Å². The summed E-state index contributed by atoms with van der Waals surface area (Å²) >= 11 is 2.79. The predicted octanol–water partition coefficient (Wildman–Crippen LogP) is 7.81. The number of rotatable bonds is 11. The molecule has 0 aliphatic heterocycles. The van der Waals surface area contributed by atoms with Gasteiger partial charge < -0.3 is 25.7 Å². The standard InChI is InChI=1S/C38H36N4O5S2/c1-3-47-38(46)33-29-17-8-10-19-32(29)49-37(33)42-34(43)23(2)48-27-15-11-14-26(21-27)40-36(45)31(41-35(44)24-12-5-4-6-13-24)20-25-22-39-30-18-9-7-16-28(25)30/h4-7,9,11-16,18,20-23,39H,3,8,10,17,19H2,1-2H3,(H,40,45)(H,41,44)(H,42,43)/b31-20-. The van der Waals surface area contributed by atoms with Gasteiger partial charge in [-0.15, -0.1) is 23.1 Å². The lowest BCUT2D eigenvalue weighted by atomic mass is 9.95. The fraction of sp³-hybridized carbons (Fsp3) is 0.211. The highest BCUT2D eigenvalue weighted by molar-refractivity contribution is 8.00. The number of hydrogen-bond acceptors (Lipinski definition) is 7. The van der Waals surface area contributed by atoms with Gasteiger partial charge in [0.25, 0.3) is 11.8 Å². The molecule has 6 rings (SSSR count). The van der Waals surface area contributed by atoms with Gasteiger partial charge in [-0.25, -0.2) is 4.79 Å². The molecule has 0 spiro atoms. The smallest absolute Gasteiger partial charge is 0.341 e. The number of anilines is 2. The van der Waals surface area contributed by atoms with E-state index in [9.17, 15) is 19.2 Å². The number of aromatic amines is 1. The molecule has 0 fully saturated rings. The maximum atomic E-state index is 13.7. The molecule has 1 atom stereocenters. The molecule has 1 unspecified atom stereocenters. The lowest BCUT2D eigenvalue weighted by Gasteiger charge is -2.14. The molecule has 0 saturated heterocycles. The summed E-state index contributed by atoms with van der Waals surface area (Å²) in [6, 6.07) is 23.6. The average molecular weight is 693 g/mol. The van der Waals surface area contributed by atoms with Crippen LogP contribution in [0.25, 0.3) is 17.0 Å². The minimum absolute atomic E-state index is 0.0699. The van der Waals surface area contributed by atoms with E-state index in [2.05, 4.69) is 20.9 Å². The first-order chi connectivity index (χ1) is 23.8. The summed E-state index contributed by atoms with van der Waals surface area (Å²) < 4.78 is 5.33. The normalized spacial score (nSPS) is 13.3. The highest BCUT2D eigenvalue weighted by Gasteiger charge is 2.28. The molecule has 250 valence electrons. The van der Waals surface area contributed by atoms with Crippen molar-refractivity contribution in [3.63, 3.8) is 0 Å². The minimum Gasteiger partial charge on any atom is -0.462 e. The Morgan fingerprint density at radius 1 is 0.959 bits per heavy atom. The van der Waals surface area contributed by atoms with Gasteiger partial charge in [0, 0.05) is 43.7 Å². The van der Waals surface area contributed by atoms with E-state index in [1.807, 2.05) is 36.4 Å². The number of H-pyrrole nitrogens is 1. The van der Waals surface area contributed by atoms with Crippen molar-refractivity contribution in [1.29, 1.82) is 0 Å². The van der Waals surface area contributed by atoms with Crippen LogP contribution in [0.3, 0.4) is 0 Å². The molecule has 4 N–H and O–H groups in total. The first-order valence-corrected chi connectivity index (χ1v) is 17.8. The van der Waals surface area contributed by atoms with E-state index in [1.165, 1.54) is 23.1 Å². The van der Waals surface area contributed by atoms with Crippen molar-refractivity contribution in [2.24, 2.45) is 0 Å². The second-order valence-electron chi connectivity index (χ2n) is 11.5. The third kappa shape index (κ3) is 7.96. The van der Waals surface area contributed by atoms with Gasteiger partial charge in [0.05, 0.1) is 17.4 Å². The number of carbonyl (C=O) groups excluding carboxylic acids is 4. The summed E-state index contributed by atoms with van der Waals surface area (Å²) in [4.78, 5) is 58.1. The maximum absolute atomic E-state index is 13.7. The van der Waals surface area contributed by atoms with Gasteiger partial charge in [-0.2, -0.15) is 0 Å². The topological polar surface area (TPSA) is 129 Å². The van der Waals surface area contributed by atoms with Crippen LogP contribution < -0.4 is 16.0 Å². The molecular weight excluding hydrogens is 657 g/mol. The van der Waals surface area contributed by atoms with Crippen LogP contribution in [-0.4, -0.2) is 40.5 Å². The van der Waals surface area contributed by atoms with Crippen LogP contribution in [0.4, 0.5) is 10.7 Å². The third-order valence-electron chi connectivity index (χ3n) is 8.11. The molecule has 3 aromatic carbocycles. The van der Waals surface area contributed by atoms with Crippen LogP contribution in [0, 0.1) is 0 Å². The SMILES string of the molecule is CCOC(=O)c1c(NC(=O)C(C)Sc2cccc(NC(=O)/C(=C/c3c[nH]c4ccccc34)NC(=O)c3ccccc3)c2)sc2c1CCCC2. The summed E-state index contributed by atoms with van der Waals surface area (Å²) in [7, 11) is 0. The lowest BCUT2D eigenvalue weighted by molar-refractivity contribution is -0.115. The van der Waals surface area contributed by atoms with Crippen LogP contribution in [0.2, 0.25) is 0 Å². The maximum Gasteiger partial charge on any atom is 0.341 e. The number of para-hydroxylation sites is 1. The molecule has 9 nitrogen and oxygen atoms in total. The minimum atomic E-state index is -0.511. The van der Waals surface area contributed by atoms with Crippen molar-refractivity contribution in [3.8, 4) is 0 Å². The number of thiophene rings is 1. The van der Waals surface area contributed by atoms with E-state index < -0.39 is 23.0 Å². The van der Waals surface area contributed by atoms with Crippen molar-refractivity contribution < 1.29 is 23.9 Å². The van der Waals surface area contributed by atoms with Crippen LogP contribution >= 0.6 is 23.1 Å². The van der Waals surface area contributed by atoms with Crippen molar-refractivity contribution in [1.82, 2.24) is 10.3 Å². The lowest BCUT2D eigenvalue weighted by Crippen LogP contribution is -2.30. The Hall–Kier alpha value is -5.13. The number of esters is 1. The van der Waals surface area contributed by atoms with Crippen molar-refractivity contribution in [2.45, 2.75) is 49.7 Å². The van der Waals surface area contributed by atoms with Gasteiger partial charge in [0.15, 0.2) is 0 Å². The molecule has 5 aromatic rings. The summed E-state index contributed by atoms with van der Waals surface area (Å²) in [5, 5.41) is 9.62. The van der Waals surface area contributed by atoms with Crippen LogP contribution in [0.15, 0.2) is 95.7 Å². The molecule has 2 heterocycles. The second-order valence-corrected chi connectivity index (χ2v) is 14.1. The first-order valence-electron chi connectivity index (χ1n) is 16.2. The number of amides is 3. The molecule has 1 aliphatic rings. The Kier molecular flexibility index (Phi) is 10.6. The Morgan fingerprint density at radius 2 is 1.73 bits per heavy atom. The number of fused-ring (bicyclic) bond motifs is 2. The predicted molar refractivity (Wildman–Crippen MR) is 196 cm³/mol. The molecule has 11 heteroatoms. The van der Waals surface area contributed by atoms with Crippen LogP contribution in [0.5, 0.6) is 0 Å². The Labute approximate surface area is 292 Å². The number of ether oxygens (including phenoxy) is 1. The van der Waals surface area contributed by atoms with E-state index in [1.54, 1.807) is 68.6 Å². The van der Waals surface area contributed by atoms with Gasteiger partial charge in [-0.05, 0) is 87.6 Å². The van der Waals surface area contributed by atoms with Crippen LogP contribution in [0.1, 0.15) is 63.4 Å². The van der Waals surface area contributed by atoms with Crippen molar-refractivity contribution >= 4 is 74.5 Å². The van der Waals surface area contributed by atoms with Crippen LogP contribution in [-0.2, 0) is 27.2 Å². The number of aromatic nitrogens is 1. The number of thioether (sulfide) groups is 1. The van der Waals surface area contributed by atoms with Crippen molar-refractivity contribution in [3.05, 3.63) is 118 Å². The number of carbonyl (C=O) groups is 4. The quantitative estimate of drug-likeness (QED) is 0.0635. The molecule has 0 radical (unpaired) electrons. The monoisotopic (exact) mass is 692 g/mol.